The number of nitrogens with two attached hydrogens (primary N) is 1. The van der Waals surface area contributed by atoms with Crippen molar-refractivity contribution < 1.29 is 13.2 Å². The zero-order valence-electron chi connectivity index (χ0n) is 10.8. The highest BCUT2D eigenvalue weighted by Crippen LogP contribution is 2.43. The minimum absolute atomic E-state index is 0.0220. The van der Waals surface area contributed by atoms with Crippen LogP contribution in [0.2, 0.25) is 5.15 Å². The van der Waals surface area contributed by atoms with Gasteiger partial charge in [-0.15, -0.1) is 15.3 Å². The van der Waals surface area contributed by atoms with Gasteiger partial charge in [0.1, 0.15) is 0 Å². The van der Waals surface area contributed by atoms with Gasteiger partial charge < -0.3 is 5.73 Å². The highest BCUT2D eigenvalue weighted by Gasteiger charge is 2.43. The zero-order chi connectivity index (χ0) is 15.2. The van der Waals surface area contributed by atoms with Gasteiger partial charge in [-0.25, -0.2) is 0 Å². The molecule has 2 aromatic rings. The van der Waals surface area contributed by atoms with Gasteiger partial charge in [0.25, 0.3) is 0 Å². The molecule has 3 rings (SSSR count). The topological polar surface area (TPSA) is 82.0 Å². The molecule has 0 aromatic carbocycles. The van der Waals surface area contributed by atoms with Crippen LogP contribution in [0.5, 0.6) is 0 Å². The van der Waals surface area contributed by atoms with Crippen LogP contribution in [0.3, 0.4) is 0 Å². The molecule has 10 heteroatoms. The largest absolute Gasteiger partial charge is 0.391 e. The molecular weight excluding hydrogens is 309 g/mol. The molecule has 21 heavy (non-hydrogen) atoms. The SMILES string of the molecule is Nc1nc(Cl)c2nnc([C@@H]3CCCC(C(F)(F)F)C3)n2n1. The lowest BCUT2D eigenvalue weighted by atomic mass is 9.80. The summed E-state index contributed by atoms with van der Waals surface area (Å²) in [4.78, 5) is 3.74. The maximum Gasteiger partial charge on any atom is 0.391 e. The number of aromatic nitrogens is 5. The average molecular weight is 321 g/mol. The molecule has 0 radical (unpaired) electrons. The number of rotatable bonds is 1. The molecule has 1 fully saturated rings. The van der Waals surface area contributed by atoms with Gasteiger partial charge in [-0.3, -0.25) is 0 Å². The molecule has 1 aliphatic rings. The number of anilines is 1. The maximum absolute atomic E-state index is 12.9. The summed E-state index contributed by atoms with van der Waals surface area (Å²) < 4.78 is 40.0. The van der Waals surface area contributed by atoms with Crippen molar-refractivity contribution in [1.82, 2.24) is 24.8 Å². The fourth-order valence-corrected chi connectivity index (χ4v) is 2.98. The van der Waals surface area contributed by atoms with Crippen molar-refractivity contribution in [1.29, 1.82) is 0 Å². The van der Waals surface area contributed by atoms with Crippen LogP contribution in [0.4, 0.5) is 19.1 Å². The van der Waals surface area contributed by atoms with E-state index in [0.717, 1.165) is 0 Å². The van der Waals surface area contributed by atoms with Crippen molar-refractivity contribution in [2.75, 3.05) is 5.73 Å². The molecule has 2 heterocycles. The van der Waals surface area contributed by atoms with Crippen molar-refractivity contribution in [3.63, 3.8) is 0 Å². The van der Waals surface area contributed by atoms with E-state index in [1.54, 1.807) is 0 Å². The Morgan fingerprint density at radius 3 is 2.71 bits per heavy atom. The fourth-order valence-electron chi connectivity index (χ4n) is 2.77. The molecule has 0 bridgehead atoms. The Labute approximate surface area is 122 Å². The summed E-state index contributed by atoms with van der Waals surface area (Å²) >= 11 is 5.88. The van der Waals surface area contributed by atoms with Crippen LogP contribution in [0.15, 0.2) is 0 Å². The van der Waals surface area contributed by atoms with Crippen LogP contribution in [0.1, 0.15) is 37.4 Å². The first kappa shape index (κ1) is 14.3. The first-order valence-corrected chi connectivity index (χ1v) is 6.85. The first-order chi connectivity index (χ1) is 9.86. The van der Waals surface area contributed by atoms with Crippen molar-refractivity contribution in [2.24, 2.45) is 5.92 Å². The maximum atomic E-state index is 12.9. The molecule has 0 aliphatic heterocycles. The highest BCUT2D eigenvalue weighted by atomic mass is 35.5. The lowest BCUT2D eigenvalue weighted by molar-refractivity contribution is -0.183. The van der Waals surface area contributed by atoms with Crippen LogP contribution in [0.25, 0.3) is 5.65 Å². The predicted octanol–water partition coefficient (Wildman–Crippen LogP) is 2.59. The van der Waals surface area contributed by atoms with Crippen molar-refractivity contribution in [3.8, 4) is 0 Å². The van der Waals surface area contributed by atoms with Crippen LogP contribution in [-0.2, 0) is 0 Å². The van der Waals surface area contributed by atoms with Crippen LogP contribution >= 0.6 is 11.6 Å². The number of fused-ring (bicyclic) bond motifs is 1. The van der Waals surface area contributed by atoms with E-state index < -0.39 is 12.1 Å². The Bertz CT molecular complexity index is 670. The molecule has 1 saturated carbocycles. The van der Waals surface area contributed by atoms with Gasteiger partial charge in [-0.1, -0.05) is 18.0 Å². The van der Waals surface area contributed by atoms with E-state index >= 15 is 0 Å². The Kier molecular flexibility index (Phi) is 3.39. The van der Waals surface area contributed by atoms with E-state index in [-0.39, 0.29) is 35.5 Å². The third-order valence-corrected chi connectivity index (χ3v) is 4.02. The van der Waals surface area contributed by atoms with E-state index in [4.69, 9.17) is 17.3 Å². The van der Waals surface area contributed by atoms with Gasteiger partial charge in [-0.05, 0) is 19.3 Å². The molecule has 2 atom stereocenters. The van der Waals surface area contributed by atoms with E-state index in [9.17, 15) is 13.2 Å². The molecule has 0 spiro atoms. The summed E-state index contributed by atoms with van der Waals surface area (Å²) in [5.74, 6) is -1.41. The van der Waals surface area contributed by atoms with Gasteiger partial charge >= 0.3 is 6.18 Å². The minimum Gasteiger partial charge on any atom is -0.366 e. The smallest absolute Gasteiger partial charge is 0.366 e. The summed E-state index contributed by atoms with van der Waals surface area (Å²) in [6, 6.07) is 0. The minimum atomic E-state index is -4.19. The summed E-state index contributed by atoms with van der Waals surface area (Å²) in [7, 11) is 0. The first-order valence-electron chi connectivity index (χ1n) is 6.47. The highest BCUT2D eigenvalue weighted by molar-refractivity contribution is 6.32. The normalized spacial score (nSPS) is 23.6. The molecular formula is C11H12ClF3N6. The second kappa shape index (κ2) is 4.97. The van der Waals surface area contributed by atoms with Crippen molar-refractivity contribution in [2.45, 2.75) is 37.8 Å². The number of alkyl halides is 3. The molecule has 1 aliphatic carbocycles. The summed E-state index contributed by atoms with van der Waals surface area (Å²) in [5, 5.41) is 11.8. The third kappa shape index (κ3) is 2.61. The van der Waals surface area contributed by atoms with E-state index in [0.29, 0.717) is 18.7 Å². The van der Waals surface area contributed by atoms with Crippen LogP contribution in [-0.4, -0.2) is 31.0 Å². The van der Waals surface area contributed by atoms with Gasteiger partial charge in [0.05, 0.1) is 5.92 Å². The van der Waals surface area contributed by atoms with Crippen molar-refractivity contribution in [3.05, 3.63) is 11.0 Å². The van der Waals surface area contributed by atoms with E-state index in [1.165, 1.54) is 4.52 Å². The molecule has 0 amide bonds. The Morgan fingerprint density at radius 2 is 2.00 bits per heavy atom. The lowest BCUT2D eigenvalue weighted by Crippen LogP contribution is -2.28. The second-order valence-corrected chi connectivity index (χ2v) is 5.51. The molecule has 1 unspecified atom stereocenters. The Balaban J connectivity index is 1.97. The Morgan fingerprint density at radius 1 is 1.24 bits per heavy atom. The zero-order valence-corrected chi connectivity index (χ0v) is 11.6. The third-order valence-electron chi connectivity index (χ3n) is 3.77. The Hall–Kier alpha value is -1.64. The van der Waals surface area contributed by atoms with Gasteiger partial charge in [0.15, 0.2) is 11.0 Å². The lowest BCUT2D eigenvalue weighted by Gasteiger charge is -2.29. The van der Waals surface area contributed by atoms with E-state index in [1.807, 2.05) is 0 Å². The monoisotopic (exact) mass is 320 g/mol. The van der Waals surface area contributed by atoms with Gasteiger partial charge in [0, 0.05) is 5.92 Å². The van der Waals surface area contributed by atoms with Gasteiger partial charge in [0.2, 0.25) is 11.6 Å². The number of nitrogen functional groups attached to an aromatic ring is 1. The number of hydrogen-bond donors (Lipinski definition) is 1. The molecule has 6 nitrogen and oxygen atoms in total. The van der Waals surface area contributed by atoms with Crippen LogP contribution < -0.4 is 5.73 Å². The average Bonchev–Trinajstić information content (AvgIpc) is 2.82. The number of halogens is 4. The second-order valence-electron chi connectivity index (χ2n) is 5.16. The standard InChI is InChI=1S/C11H12ClF3N6/c12-7-9-19-18-8(21(9)20-10(16)17-7)5-2-1-3-6(4-5)11(13,14)15/h5-6H,1-4H2,(H2,16,20)/t5-,6?/m1/s1. The number of nitrogens with zero attached hydrogens (tertiary/aromatic N) is 5. The summed E-state index contributed by atoms with van der Waals surface area (Å²) in [5.41, 5.74) is 5.72. The molecule has 2 N–H and O–H groups in total. The predicted molar refractivity (Wildman–Crippen MR) is 68.8 cm³/mol. The summed E-state index contributed by atoms with van der Waals surface area (Å²) in [6.45, 7) is 0. The molecule has 2 aromatic heterocycles. The van der Waals surface area contributed by atoms with Crippen molar-refractivity contribution >= 4 is 23.2 Å². The van der Waals surface area contributed by atoms with Crippen LogP contribution in [0, 0.1) is 5.92 Å². The number of hydrogen-bond acceptors (Lipinski definition) is 5. The molecule has 0 saturated heterocycles. The molecule has 114 valence electrons. The van der Waals surface area contributed by atoms with E-state index in [2.05, 4.69) is 20.3 Å². The quantitative estimate of drug-likeness (QED) is 0.873. The van der Waals surface area contributed by atoms with Gasteiger partial charge in [-0.2, -0.15) is 22.7 Å². The summed E-state index contributed by atoms with van der Waals surface area (Å²) in [6.07, 6.45) is -2.97. The fraction of sp³-hybridized carbons (Fsp3) is 0.636.